The summed E-state index contributed by atoms with van der Waals surface area (Å²) in [6.45, 7) is -0.750. The third-order valence-electron chi connectivity index (χ3n) is 3.99. The van der Waals surface area contributed by atoms with Gasteiger partial charge in [0.1, 0.15) is 6.04 Å². The van der Waals surface area contributed by atoms with Crippen LogP contribution in [0.4, 0.5) is 8.78 Å². The lowest BCUT2D eigenvalue weighted by Gasteiger charge is -2.20. The van der Waals surface area contributed by atoms with E-state index in [1.165, 1.54) is 18.3 Å². The van der Waals surface area contributed by atoms with Crippen LogP contribution in [0.5, 0.6) is 0 Å². The van der Waals surface area contributed by atoms with Gasteiger partial charge in [0.05, 0.1) is 6.54 Å². The predicted octanol–water partition coefficient (Wildman–Crippen LogP) is 2.14. The molecule has 10 heteroatoms. The predicted molar refractivity (Wildman–Crippen MR) is 82.9 cm³/mol. The molecule has 0 aromatic carbocycles. The number of rotatable bonds is 3. The summed E-state index contributed by atoms with van der Waals surface area (Å²) in [7, 11) is 0. The lowest BCUT2D eigenvalue weighted by molar-refractivity contribution is 0.0116. The standard InChI is InChI=1S/C16H12F2N6O2/c17-16(18)8-12(24(9-16)15(25)11-2-1-5-20-22-11)14-21-13(23-26-14)10-3-6-19-7-4-10/h1-7,12H,8-9H2/t12-/m0/s1. The molecule has 1 fully saturated rings. The zero-order chi connectivity index (χ0) is 18.1. The number of pyridine rings is 1. The largest absolute Gasteiger partial charge is 0.337 e. The smallest absolute Gasteiger partial charge is 0.275 e. The summed E-state index contributed by atoms with van der Waals surface area (Å²) in [5.41, 5.74) is 0.607. The molecule has 1 aliphatic heterocycles. The molecule has 0 aliphatic carbocycles. The Bertz CT molecular complexity index is 919. The van der Waals surface area contributed by atoms with Crippen molar-refractivity contribution in [2.45, 2.75) is 18.4 Å². The molecule has 3 aromatic heterocycles. The average Bonchev–Trinajstić information content (AvgIpc) is 3.27. The second kappa shape index (κ2) is 6.21. The molecule has 26 heavy (non-hydrogen) atoms. The van der Waals surface area contributed by atoms with Gasteiger partial charge < -0.3 is 9.42 Å². The lowest BCUT2D eigenvalue weighted by atomic mass is 10.2. The van der Waals surface area contributed by atoms with E-state index in [1.54, 1.807) is 24.5 Å². The number of carbonyl (C=O) groups is 1. The Kier molecular flexibility index (Phi) is 3.86. The molecule has 4 heterocycles. The molecule has 0 spiro atoms. The van der Waals surface area contributed by atoms with E-state index in [9.17, 15) is 13.6 Å². The Morgan fingerprint density at radius 2 is 2.04 bits per heavy atom. The monoisotopic (exact) mass is 358 g/mol. The van der Waals surface area contributed by atoms with Gasteiger partial charge in [-0.05, 0) is 24.3 Å². The molecule has 0 unspecified atom stereocenters. The molecule has 132 valence electrons. The zero-order valence-corrected chi connectivity index (χ0v) is 13.3. The summed E-state index contributed by atoms with van der Waals surface area (Å²) in [6.07, 6.45) is 3.90. The van der Waals surface area contributed by atoms with Gasteiger partial charge in [0.25, 0.3) is 11.8 Å². The molecule has 1 aliphatic rings. The second-order valence-electron chi connectivity index (χ2n) is 5.81. The molecule has 1 saturated heterocycles. The van der Waals surface area contributed by atoms with Crippen molar-refractivity contribution >= 4 is 5.91 Å². The summed E-state index contributed by atoms with van der Waals surface area (Å²) in [5.74, 6) is -3.53. The first kappa shape index (κ1) is 16.2. The minimum atomic E-state index is -3.06. The Morgan fingerprint density at radius 1 is 1.23 bits per heavy atom. The fraction of sp³-hybridized carbons (Fsp3) is 0.250. The van der Waals surface area contributed by atoms with Crippen molar-refractivity contribution in [3.05, 3.63) is 54.4 Å². The highest BCUT2D eigenvalue weighted by Crippen LogP contribution is 2.41. The van der Waals surface area contributed by atoms with Gasteiger partial charge in [0, 0.05) is 30.6 Å². The van der Waals surface area contributed by atoms with Crippen molar-refractivity contribution in [1.82, 2.24) is 30.2 Å². The van der Waals surface area contributed by atoms with E-state index in [-0.39, 0.29) is 17.4 Å². The molecule has 0 saturated carbocycles. The first-order valence-electron chi connectivity index (χ1n) is 7.74. The van der Waals surface area contributed by atoms with Crippen LogP contribution < -0.4 is 0 Å². The van der Waals surface area contributed by atoms with E-state index in [1.807, 2.05) is 0 Å². The summed E-state index contributed by atoms with van der Waals surface area (Å²) >= 11 is 0. The molecular formula is C16H12F2N6O2. The van der Waals surface area contributed by atoms with E-state index in [2.05, 4.69) is 25.3 Å². The fourth-order valence-electron chi connectivity index (χ4n) is 2.80. The number of hydrogen-bond acceptors (Lipinski definition) is 7. The maximum atomic E-state index is 14.0. The average molecular weight is 358 g/mol. The maximum absolute atomic E-state index is 14.0. The number of aromatic nitrogens is 5. The van der Waals surface area contributed by atoms with Gasteiger partial charge in [-0.25, -0.2) is 8.78 Å². The Balaban J connectivity index is 1.66. The van der Waals surface area contributed by atoms with Gasteiger partial charge in [-0.15, -0.1) is 5.10 Å². The number of likely N-dealkylation sites (tertiary alicyclic amines) is 1. The first-order valence-corrected chi connectivity index (χ1v) is 7.74. The van der Waals surface area contributed by atoms with E-state index in [4.69, 9.17) is 4.52 Å². The number of amides is 1. The summed E-state index contributed by atoms with van der Waals surface area (Å²) < 4.78 is 33.2. The highest BCUT2D eigenvalue weighted by molar-refractivity contribution is 5.92. The van der Waals surface area contributed by atoms with Crippen molar-refractivity contribution in [3.8, 4) is 11.4 Å². The van der Waals surface area contributed by atoms with Crippen molar-refractivity contribution < 1.29 is 18.1 Å². The van der Waals surface area contributed by atoms with Crippen molar-refractivity contribution in [2.75, 3.05) is 6.54 Å². The molecule has 0 N–H and O–H groups in total. The maximum Gasteiger partial charge on any atom is 0.275 e. The molecule has 0 radical (unpaired) electrons. The van der Waals surface area contributed by atoms with Crippen molar-refractivity contribution in [2.24, 2.45) is 0 Å². The minimum absolute atomic E-state index is 0.0240. The highest BCUT2D eigenvalue weighted by Gasteiger charge is 2.50. The van der Waals surface area contributed by atoms with Crippen LogP contribution in [0, 0.1) is 0 Å². The Morgan fingerprint density at radius 3 is 2.77 bits per heavy atom. The number of hydrogen-bond donors (Lipinski definition) is 0. The van der Waals surface area contributed by atoms with Crippen LogP contribution in [-0.4, -0.2) is 48.6 Å². The summed E-state index contributed by atoms with van der Waals surface area (Å²) in [6, 6.07) is 5.22. The van der Waals surface area contributed by atoms with E-state index in [0.717, 1.165) is 4.90 Å². The van der Waals surface area contributed by atoms with Gasteiger partial charge >= 0.3 is 0 Å². The van der Waals surface area contributed by atoms with Gasteiger partial charge in [0.15, 0.2) is 5.69 Å². The number of carbonyl (C=O) groups excluding carboxylic acids is 1. The van der Waals surface area contributed by atoms with Gasteiger partial charge in [-0.1, -0.05) is 5.16 Å². The van der Waals surface area contributed by atoms with Crippen LogP contribution in [-0.2, 0) is 0 Å². The zero-order valence-electron chi connectivity index (χ0n) is 13.3. The van der Waals surface area contributed by atoms with Gasteiger partial charge in [-0.2, -0.15) is 10.1 Å². The first-order chi connectivity index (χ1) is 12.5. The fourth-order valence-corrected chi connectivity index (χ4v) is 2.80. The van der Waals surface area contributed by atoms with Crippen LogP contribution in [0.2, 0.25) is 0 Å². The summed E-state index contributed by atoms with van der Waals surface area (Å²) in [5, 5.41) is 11.1. The highest BCUT2D eigenvalue weighted by atomic mass is 19.3. The Hall–Kier alpha value is -3.30. The molecule has 3 aromatic rings. The quantitative estimate of drug-likeness (QED) is 0.707. The molecule has 1 atom stereocenters. The molecule has 0 bridgehead atoms. The third-order valence-corrected chi connectivity index (χ3v) is 3.99. The van der Waals surface area contributed by atoms with E-state index in [0.29, 0.717) is 5.56 Å². The second-order valence-corrected chi connectivity index (χ2v) is 5.81. The van der Waals surface area contributed by atoms with Crippen LogP contribution in [0.25, 0.3) is 11.4 Å². The summed E-state index contributed by atoms with van der Waals surface area (Å²) in [4.78, 5) is 21.7. The van der Waals surface area contributed by atoms with E-state index < -0.39 is 30.8 Å². The van der Waals surface area contributed by atoms with Gasteiger partial charge in [-0.3, -0.25) is 9.78 Å². The van der Waals surface area contributed by atoms with Crippen LogP contribution in [0.15, 0.2) is 47.4 Å². The van der Waals surface area contributed by atoms with E-state index >= 15 is 0 Å². The van der Waals surface area contributed by atoms with Crippen LogP contribution >= 0.6 is 0 Å². The normalized spacial score (nSPS) is 18.8. The molecule has 1 amide bonds. The third kappa shape index (κ3) is 3.01. The Labute approximate surface area is 145 Å². The van der Waals surface area contributed by atoms with Gasteiger partial charge in [0.2, 0.25) is 11.7 Å². The molecular weight excluding hydrogens is 346 g/mol. The lowest BCUT2D eigenvalue weighted by Crippen LogP contribution is -2.33. The van der Waals surface area contributed by atoms with Crippen LogP contribution in [0.1, 0.15) is 28.8 Å². The number of nitrogens with zero attached hydrogens (tertiary/aromatic N) is 6. The minimum Gasteiger partial charge on any atom is -0.337 e. The van der Waals surface area contributed by atoms with Crippen molar-refractivity contribution in [3.63, 3.8) is 0 Å². The van der Waals surface area contributed by atoms with Crippen LogP contribution in [0.3, 0.4) is 0 Å². The van der Waals surface area contributed by atoms with Crippen molar-refractivity contribution in [1.29, 1.82) is 0 Å². The topological polar surface area (TPSA) is 97.9 Å². The molecule has 4 rings (SSSR count). The number of halogens is 2. The molecule has 8 nitrogen and oxygen atoms in total. The number of alkyl halides is 2. The SMILES string of the molecule is O=C(c1cccnn1)N1CC(F)(F)C[C@H]1c1nc(-c2ccncc2)no1.